The van der Waals surface area contributed by atoms with E-state index < -0.39 is 9.84 Å². The van der Waals surface area contributed by atoms with Crippen LogP contribution in [0, 0.1) is 5.92 Å². The third-order valence-electron chi connectivity index (χ3n) is 3.18. The third kappa shape index (κ3) is 3.39. The molecule has 1 aromatic rings. The maximum absolute atomic E-state index is 11.9. The molecular weight excluding hydrogens is 288 g/mol. The molecule has 1 saturated heterocycles. The van der Waals surface area contributed by atoms with Crippen LogP contribution in [0.15, 0.2) is 18.2 Å². The number of nitrogens with two attached hydrogens (primary N) is 1. The van der Waals surface area contributed by atoms with E-state index >= 15 is 0 Å². The van der Waals surface area contributed by atoms with E-state index in [0.29, 0.717) is 23.6 Å². The van der Waals surface area contributed by atoms with E-state index in [9.17, 15) is 13.2 Å². The van der Waals surface area contributed by atoms with Crippen LogP contribution in [0.25, 0.3) is 0 Å². The van der Waals surface area contributed by atoms with Crippen molar-refractivity contribution in [2.24, 2.45) is 5.92 Å². The Kier molecular flexibility index (Phi) is 4.01. The van der Waals surface area contributed by atoms with Crippen molar-refractivity contribution in [1.82, 2.24) is 5.32 Å². The molecule has 1 fully saturated rings. The Morgan fingerprint density at radius 3 is 2.84 bits per heavy atom. The summed E-state index contributed by atoms with van der Waals surface area (Å²) in [5.74, 6) is -0.0100. The normalized spacial score (nSPS) is 21.2. The number of nitrogens with one attached hydrogen (secondary N) is 1. The van der Waals surface area contributed by atoms with Gasteiger partial charge in [-0.1, -0.05) is 17.7 Å². The number of amides is 1. The second-order valence-electron chi connectivity index (χ2n) is 4.68. The molecule has 19 heavy (non-hydrogen) atoms. The molecule has 0 aromatic heterocycles. The van der Waals surface area contributed by atoms with Gasteiger partial charge in [0.15, 0.2) is 9.84 Å². The molecule has 5 nitrogen and oxygen atoms in total. The zero-order valence-electron chi connectivity index (χ0n) is 10.2. The molecule has 1 aromatic carbocycles. The first-order valence-corrected chi connectivity index (χ1v) is 8.11. The van der Waals surface area contributed by atoms with E-state index in [0.717, 1.165) is 0 Å². The van der Waals surface area contributed by atoms with Crippen LogP contribution in [-0.4, -0.2) is 32.4 Å². The molecule has 2 rings (SSSR count). The van der Waals surface area contributed by atoms with Crippen LogP contribution in [0.4, 0.5) is 5.69 Å². The smallest absolute Gasteiger partial charge is 0.253 e. The molecule has 104 valence electrons. The number of carbonyl (C=O) groups is 1. The number of rotatable bonds is 3. The summed E-state index contributed by atoms with van der Waals surface area (Å²) in [6, 6.07) is 4.84. The number of anilines is 1. The van der Waals surface area contributed by atoms with Gasteiger partial charge < -0.3 is 11.1 Å². The lowest BCUT2D eigenvalue weighted by molar-refractivity contribution is 0.0949. The van der Waals surface area contributed by atoms with Crippen molar-refractivity contribution in [1.29, 1.82) is 0 Å². The van der Waals surface area contributed by atoms with Gasteiger partial charge in [-0.25, -0.2) is 8.42 Å². The van der Waals surface area contributed by atoms with Crippen molar-refractivity contribution >= 4 is 33.0 Å². The quantitative estimate of drug-likeness (QED) is 0.818. The second-order valence-corrected chi connectivity index (χ2v) is 7.32. The fourth-order valence-electron chi connectivity index (χ4n) is 2.10. The Morgan fingerprint density at radius 2 is 2.21 bits per heavy atom. The van der Waals surface area contributed by atoms with Crippen molar-refractivity contribution in [2.45, 2.75) is 6.42 Å². The topological polar surface area (TPSA) is 89.3 Å². The molecule has 3 N–H and O–H groups in total. The van der Waals surface area contributed by atoms with Gasteiger partial charge >= 0.3 is 0 Å². The van der Waals surface area contributed by atoms with Crippen molar-refractivity contribution < 1.29 is 13.2 Å². The van der Waals surface area contributed by atoms with Gasteiger partial charge in [0.1, 0.15) is 0 Å². The molecule has 1 amide bonds. The predicted octanol–water partition coefficient (Wildman–Crippen LogP) is 1.09. The highest BCUT2D eigenvalue weighted by Crippen LogP contribution is 2.22. The van der Waals surface area contributed by atoms with Crippen LogP contribution in [0.2, 0.25) is 5.02 Å². The summed E-state index contributed by atoms with van der Waals surface area (Å²) in [6.07, 6.45) is 0.591. The summed E-state index contributed by atoms with van der Waals surface area (Å²) < 4.78 is 22.6. The number of nitrogen functional groups attached to an aromatic ring is 1. The van der Waals surface area contributed by atoms with Crippen LogP contribution in [0.1, 0.15) is 16.8 Å². The highest BCUT2D eigenvalue weighted by Gasteiger charge is 2.28. The number of benzene rings is 1. The third-order valence-corrected chi connectivity index (χ3v) is 5.34. The minimum Gasteiger partial charge on any atom is -0.397 e. The van der Waals surface area contributed by atoms with Gasteiger partial charge in [0.25, 0.3) is 5.91 Å². The average molecular weight is 303 g/mol. The van der Waals surface area contributed by atoms with Crippen molar-refractivity contribution in [3.05, 3.63) is 28.8 Å². The monoisotopic (exact) mass is 302 g/mol. The first-order chi connectivity index (χ1) is 8.89. The van der Waals surface area contributed by atoms with Gasteiger partial charge in [0, 0.05) is 6.54 Å². The summed E-state index contributed by atoms with van der Waals surface area (Å²) in [7, 11) is -2.92. The SMILES string of the molecule is Nc1c(Cl)cccc1C(=O)NCC1CCS(=O)(=O)C1. The van der Waals surface area contributed by atoms with Crippen LogP contribution in [-0.2, 0) is 9.84 Å². The highest BCUT2D eigenvalue weighted by atomic mass is 35.5. The summed E-state index contributed by atoms with van der Waals surface area (Å²) in [5.41, 5.74) is 6.27. The van der Waals surface area contributed by atoms with Crippen LogP contribution in [0.3, 0.4) is 0 Å². The average Bonchev–Trinajstić information content (AvgIpc) is 2.69. The summed E-state index contributed by atoms with van der Waals surface area (Å²) in [6.45, 7) is 0.337. The number of halogens is 1. The van der Waals surface area contributed by atoms with E-state index in [1.807, 2.05) is 0 Å². The molecule has 1 unspecified atom stereocenters. The molecule has 7 heteroatoms. The van der Waals surface area contributed by atoms with Gasteiger partial charge in [-0.3, -0.25) is 4.79 Å². The van der Waals surface area contributed by atoms with Gasteiger partial charge in [-0.15, -0.1) is 0 Å². The maximum atomic E-state index is 11.9. The number of hydrogen-bond donors (Lipinski definition) is 2. The molecule has 0 aliphatic carbocycles. The molecule has 1 aliphatic heterocycles. The fourth-order valence-corrected chi connectivity index (χ4v) is 4.14. The standard InChI is InChI=1S/C12H15ClN2O3S/c13-10-3-1-2-9(11(10)14)12(16)15-6-8-4-5-19(17,18)7-8/h1-3,8H,4-7,14H2,(H,15,16). The first-order valence-electron chi connectivity index (χ1n) is 5.91. The van der Waals surface area contributed by atoms with E-state index in [1.54, 1.807) is 18.2 Å². The lowest BCUT2D eigenvalue weighted by Gasteiger charge is -2.11. The Labute approximate surface area is 117 Å². The largest absolute Gasteiger partial charge is 0.397 e. The lowest BCUT2D eigenvalue weighted by atomic mass is 10.1. The summed E-state index contributed by atoms with van der Waals surface area (Å²) in [4.78, 5) is 11.9. The molecule has 1 heterocycles. The van der Waals surface area contributed by atoms with Gasteiger partial charge in [-0.2, -0.15) is 0 Å². The Hall–Kier alpha value is -1.27. The summed E-state index contributed by atoms with van der Waals surface area (Å²) >= 11 is 5.84. The second kappa shape index (κ2) is 5.38. The minimum absolute atomic E-state index is 0.0191. The molecule has 0 saturated carbocycles. The fraction of sp³-hybridized carbons (Fsp3) is 0.417. The predicted molar refractivity (Wildman–Crippen MR) is 75.0 cm³/mol. The molecule has 0 bridgehead atoms. The Morgan fingerprint density at radius 1 is 1.47 bits per heavy atom. The molecule has 0 radical (unpaired) electrons. The van der Waals surface area contributed by atoms with Gasteiger partial charge in [0.2, 0.25) is 0 Å². The van der Waals surface area contributed by atoms with E-state index in [2.05, 4.69) is 5.32 Å². The molecule has 1 aliphatic rings. The Balaban J connectivity index is 1.97. The minimum atomic E-state index is -2.92. The van der Waals surface area contributed by atoms with Crippen LogP contribution < -0.4 is 11.1 Å². The van der Waals surface area contributed by atoms with Gasteiger partial charge in [-0.05, 0) is 24.5 Å². The van der Waals surface area contributed by atoms with Gasteiger partial charge in [0.05, 0.1) is 27.8 Å². The summed E-state index contributed by atoms with van der Waals surface area (Å²) in [5, 5.41) is 3.03. The van der Waals surface area contributed by atoms with Crippen LogP contribution >= 0.6 is 11.6 Å². The highest BCUT2D eigenvalue weighted by molar-refractivity contribution is 7.91. The number of sulfone groups is 1. The van der Waals surface area contributed by atoms with E-state index in [1.165, 1.54) is 0 Å². The molecular formula is C12H15ClN2O3S. The van der Waals surface area contributed by atoms with Crippen molar-refractivity contribution in [2.75, 3.05) is 23.8 Å². The number of carbonyl (C=O) groups excluding carboxylic acids is 1. The van der Waals surface area contributed by atoms with E-state index in [4.69, 9.17) is 17.3 Å². The zero-order chi connectivity index (χ0) is 14.0. The van der Waals surface area contributed by atoms with Crippen molar-refractivity contribution in [3.8, 4) is 0 Å². The maximum Gasteiger partial charge on any atom is 0.253 e. The zero-order valence-corrected chi connectivity index (χ0v) is 11.8. The van der Waals surface area contributed by atoms with Crippen molar-refractivity contribution in [3.63, 3.8) is 0 Å². The first kappa shape index (κ1) is 14.1. The number of para-hydroxylation sites is 1. The molecule has 0 spiro atoms. The molecule has 1 atom stereocenters. The lowest BCUT2D eigenvalue weighted by Crippen LogP contribution is -2.30. The van der Waals surface area contributed by atoms with Crippen LogP contribution in [0.5, 0.6) is 0 Å². The Bertz CT molecular complexity index is 601. The van der Waals surface area contributed by atoms with E-state index in [-0.39, 0.29) is 29.0 Å². The number of hydrogen-bond acceptors (Lipinski definition) is 4.